The highest BCUT2D eigenvalue weighted by molar-refractivity contribution is 6.14. The number of terminal acetylenes is 1. The molecule has 8 nitrogen and oxygen atoms in total. The second-order valence-corrected chi connectivity index (χ2v) is 4.56. The van der Waals surface area contributed by atoms with Crippen molar-refractivity contribution in [1.29, 1.82) is 0 Å². The van der Waals surface area contributed by atoms with Crippen molar-refractivity contribution in [2.75, 3.05) is 13.2 Å². The summed E-state index contributed by atoms with van der Waals surface area (Å²) in [4.78, 5) is 48.3. The Bertz CT molecular complexity index is 822. The molecule has 0 bridgehead atoms. The molecule has 8 heteroatoms. The maximum absolute atomic E-state index is 12.5. The Morgan fingerprint density at radius 2 is 1.88 bits per heavy atom. The Labute approximate surface area is 138 Å². The van der Waals surface area contributed by atoms with Crippen molar-refractivity contribution in [3.8, 4) is 12.3 Å². The molecule has 0 radical (unpaired) electrons. The first kappa shape index (κ1) is 19.0. The highest BCUT2D eigenvalue weighted by Crippen LogP contribution is 2.06. The van der Waals surface area contributed by atoms with Gasteiger partial charge in [-0.3, -0.25) is 9.36 Å². The average Bonchev–Trinajstić information content (AvgIpc) is 2.53. The van der Waals surface area contributed by atoms with E-state index in [1.807, 2.05) is 0 Å². The molecule has 0 saturated carbocycles. The molecule has 0 atom stereocenters. The lowest BCUT2D eigenvalue weighted by Gasteiger charge is -2.12. The van der Waals surface area contributed by atoms with Gasteiger partial charge in [0.05, 0.1) is 25.8 Å². The maximum atomic E-state index is 12.5. The zero-order valence-electron chi connectivity index (χ0n) is 13.7. The van der Waals surface area contributed by atoms with Crippen LogP contribution in [0, 0.1) is 19.3 Å². The van der Waals surface area contributed by atoms with Gasteiger partial charge in [-0.15, -0.1) is 6.42 Å². The van der Waals surface area contributed by atoms with Gasteiger partial charge in [0.15, 0.2) is 0 Å². The fourth-order valence-corrected chi connectivity index (χ4v) is 1.86. The summed E-state index contributed by atoms with van der Waals surface area (Å²) in [5, 5.41) is 0. The second-order valence-electron chi connectivity index (χ2n) is 4.56. The molecule has 1 rings (SSSR count). The van der Waals surface area contributed by atoms with Gasteiger partial charge in [-0.25, -0.2) is 19.0 Å². The van der Waals surface area contributed by atoms with Crippen LogP contribution in [0.5, 0.6) is 0 Å². The van der Waals surface area contributed by atoms with Crippen molar-refractivity contribution in [3.05, 3.63) is 38.7 Å². The van der Waals surface area contributed by atoms with Crippen molar-refractivity contribution in [2.45, 2.75) is 27.3 Å². The number of rotatable bonds is 6. The number of aryl methyl sites for hydroxylation is 1. The van der Waals surface area contributed by atoms with Crippen molar-refractivity contribution in [3.63, 3.8) is 0 Å². The van der Waals surface area contributed by atoms with Crippen LogP contribution in [-0.4, -0.2) is 34.3 Å². The Kier molecular flexibility index (Phi) is 6.74. The summed E-state index contributed by atoms with van der Waals surface area (Å²) in [5.74, 6) is 0.473. The van der Waals surface area contributed by atoms with E-state index in [9.17, 15) is 19.2 Å². The number of aromatic nitrogens is 2. The van der Waals surface area contributed by atoms with Crippen LogP contribution >= 0.6 is 0 Å². The number of carbonyl (C=O) groups excluding carboxylic acids is 2. The Morgan fingerprint density at radius 3 is 2.42 bits per heavy atom. The molecular weight excluding hydrogens is 316 g/mol. The lowest BCUT2D eigenvalue weighted by Crippen LogP contribution is -2.41. The van der Waals surface area contributed by atoms with Gasteiger partial charge in [0.2, 0.25) is 0 Å². The van der Waals surface area contributed by atoms with Crippen LogP contribution in [0.25, 0.3) is 5.70 Å². The normalized spacial score (nSPS) is 10.8. The number of ether oxygens (including phenoxy) is 2. The van der Waals surface area contributed by atoms with E-state index in [4.69, 9.17) is 15.9 Å². The summed E-state index contributed by atoms with van der Waals surface area (Å²) in [5.41, 5.74) is -1.63. The van der Waals surface area contributed by atoms with E-state index in [0.717, 1.165) is 21.4 Å². The standard InChI is InChI=1S/C16H18N2O6/c1-5-8-17-14(20)11(4)10-18(16(17)22)12(15(21)24-7-3)9-13(19)23-6-2/h1,9-10H,6-8H2,2-4H3/b12-9+. The number of esters is 2. The van der Waals surface area contributed by atoms with E-state index in [1.54, 1.807) is 13.8 Å². The quantitative estimate of drug-likeness (QED) is 0.410. The molecule has 0 aromatic carbocycles. The molecule has 128 valence electrons. The Hall–Kier alpha value is -3.08. The Balaban J connectivity index is 3.63. The highest BCUT2D eigenvalue weighted by Gasteiger charge is 2.20. The van der Waals surface area contributed by atoms with Crippen LogP contribution in [0.3, 0.4) is 0 Å². The SMILES string of the molecule is C#CCn1c(=O)c(C)cn(/C(=C/C(=O)OCC)C(=O)OCC)c1=O. The molecule has 0 aliphatic rings. The van der Waals surface area contributed by atoms with Crippen molar-refractivity contribution in [2.24, 2.45) is 0 Å². The van der Waals surface area contributed by atoms with Crippen LogP contribution in [-0.2, 0) is 25.6 Å². The first-order chi connectivity index (χ1) is 11.4. The van der Waals surface area contributed by atoms with Crippen molar-refractivity contribution >= 4 is 17.6 Å². The molecule has 0 aliphatic carbocycles. The lowest BCUT2D eigenvalue weighted by molar-refractivity contribution is -0.139. The monoisotopic (exact) mass is 334 g/mol. The molecule has 0 amide bonds. The number of hydrogen-bond acceptors (Lipinski definition) is 6. The van der Waals surface area contributed by atoms with Crippen LogP contribution in [0.1, 0.15) is 19.4 Å². The number of nitrogens with zero attached hydrogens (tertiary/aromatic N) is 2. The van der Waals surface area contributed by atoms with Crippen molar-refractivity contribution in [1.82, 2.24) is 9.13 Å². The summed E-state index contributed by atoms with van der Waals surface area (Å²) in [7, 11) is 0. The topological polar surface area (TPSA) is 96.6 Å². The third-order valence-corrected chi connectivity index (χ3v) is 2.88. The Morgan fingerprint density at radius 1 is 1.25 bits per heavy atom. The van der Waals surface area contributed by atoms with Gasteiger partial charge in [-0.1, -0.05) is 5.92 Å². The minimum absolute atomic E-state index is 0.0384. The van der Waals surface area contributed by atoms with Crippen LogP contribution < -0.4 is 11.2 Å². The van der Waals surface area contributed by atoms with Gasteiger partial charge in [-0.05, 0) is 20.8 Å². The van der Waals surface area contributed by atoms with E-state index in [2.05, 4.69) is 5.92 Å². The summed E-state index contributed by atoms with van der Waals surface area (Å²) >= 11 is 0. The fraction of sp³-hybridized carbons (Fsp3) is 0.375. The third kappa shape index (κ3) is 4.23. The largest absolute Gasteiger partial charge is 0.463 e. The first-order valence-corrected chi connectivity index (χ1v) is 7.19. The zero-order valence-corrected chi connectivity index (χ0v) is 13.7. The van der Waals surface area contributed by atoms with E-state index in [0.29, 0.717) is 0 Å². The van der Waals surface area contributed by atoms with E-state index < -0.39 is 23.2 Å². The molecule has 0 aliphatic heterocycles. The van der Waals surface area contributed by atoms with Gasteiger partial charge in [-0.2, -0.15) is 0 Å². The summed E-state index contributed by atoms with van der Waals surface area (Å²) in [6.45, 7) is 4.49. The van der Waals surface area contributed by atoms with Crippen LogP contribution in [0.4, 0.5) is 0 Å². The molecule has 0 saturated heterocycles. The third-order valence-electron chi connectivity index (χ3n) is 2.88. The molecule has 1 heterocycles. The summed E-state index contributed by atoms with van der Waals surface area (Å²) < 4.78 is 11.2. The van der Waals surface area contributed by atoms with Gasteiger partial charge >= 0.3 is 17.6 Å². The molecule has 0 spiro atoms. The number of carbonyl (C=O) groups is 2. The molecule has 0 unspecified atom stereocenters. The summed E-state index contributed by atoms with van der Waals surface area (Å²) in [6, 6.07) is 0. The van der Waals surface area contributed by atoms with Gasteiger partial charge < -0.3 is 9.47 Å². The number of hydrogen-bond donors (Lipinski definition) is 0. The fourth-order valence-electron chi connectivity index (χ4n) is 1.86. The first-order valence-electron chi connectivity index (χ1n) is 7.19. The minimum atomic E-state index is -0.905. The predicted molar refractivity (Wildman–Crippen MR) is 86.1 cm³/mol. The molecule has 0 N–H and O–H groups in total. The maximum Gasteiger partial charge on any atom is 0.355 e. The minimum Gasteiger partial charge on any atom is -0.463 e. The zero-order chi connectivity index (χ0) is 18.3. The van der Waals surface area contributed by atoms with E-state index >= 15 is 0 Å². The van der Waals surface area contributed by atoms with E-state index in [-0.39, 0.29) is 31.0 Å². The molecular formula is C16H18N2O6. The van der Waals surface area contributed by atoms with Gasteiger partial charge in [0.25, 0.3) is 5.56 Å². The molecule has 1 aromatic heterocycles. The molecule has 24 heavy (non-hydrogen) atoms. The van der Waals surface area contributed by atoms with Gasteiger partial charge in [0, 0.05) is 11.8 Å². The van der Waals surface area contributed by atoms with Crippen LogP contribution in [0.2, 0.25) is 0 Å². The van der Waals surface area contributed by atoms with Crippen molar-refractivity contribution < 1.29 is 19.1 Å². The molecule has 0 fully saturated rings. The lowest BCUT2D eigenvalue weighted by atomic mass is 10.3. The predicted octanol–water partition coefficient (Wildman–Crippen LogP) is -0.0813. The van der Waals surface area contributed by atoms with Crippen LogP contribution in [0.15, 0.2) is 21.9 Å². The smallest absolute Gasteiger partial charge is 0.355 e. The molecule has 1 aromatic rings. The summed E-state index contributed by atoms with van der Waals surface area (Å²) in [6.07, 6.45) is 7.16. The highest BCUT2D eigenvalue weighted by atomic mass is 16.5. The average molecular weight is 334 g/mol. The second kappa shape index (κ2) is 8.53. The van der Waals surface area contributed by atoms with E-state index in [1.165, 1.54) is 6.92 Å². The van der Waals surface area contributed by atoms with Gasteiger partial charge in [0.1, 0.15) is 5.70 Å².